The van der Waals surface area contributed by atoms with E-state index < -0.39 is 4.92 Å². The monoisotopic (exact) mass is 460 g/mol. The molecule has 2 aliphatic rings. The third-order valence-corrected chi connectivity index (χ3v) is 5.79. The molecule has 9 heteroatoms. The van der Waals surface area contributed by atoms with Gasteiger partial charge < -0.3 is 14.8 Å². The van der Waals surface area contributed by atoms with Crippen LogP contribution in [0, 0.1) is 10.1 Å². The molecule has 0 aliphatic carbocycles. The Kier molecular flexibility index (Phi) is 5.62. The molecule has 8 nitrogen and oxygen atoms in total. The van der Waals surface area contributed by atoms with Crippen LogP contribution in [0.1, 0.15) is 23.6 Å². The molecule has 0 radical (unpaired) electrons. The minimum atomic E-state index is -0.413. The number of hydrogen-bond donors (Lipinski definition) is 1. The maximum Gasteiger partial charge on any atom is 0.269 e. The van der Waals surface area contributed by atoms with Crippen LogP contribution in [0.4, 0.5) is 11.4 Å². The number of rotatable bonds is 4. The summed E-state index contributed by atoms with van der Waals surface area (Å²) in [5.74, 6) is 1.42. The fraction of sp³-hybridized carbons (Fsp3) is 0.167. The summed E-state index contributed by atoms with van der Waals surface area (Å²) < 4.78 is 11.4. The van der Waals surface area contributed by atoms with E-state index in [0.717, 1.165) is 28.3 Å². The Balaban J connectivity index is 1.47. The summed E-state index contributed by atoms with van der Waals surface area (Å²) in [6.07, 6.45) is 0.577. The predicted octanol–water partition coefficient (Wildman–Crippen LogP) is 4.91. The highest BCUT2D eigenvalue weighted by Gasteiger charge is 2.32. The van der Waals surface area contributed by atoms with E-state index in [-0.39, 0.29) is 11.7 Å². The number of benzene rings is 3. The Labute approximate surface area is 195 Å². The van der Waals surface area contributed by atoms with Gasteiger partial charge in [-0.2, -0.15) is 5.10 Å². The molecular weight excluding hydrogens is 440 g/mol. The quantitative estimate of drug-likeness (QED) is 0.336. The molecule has 2 aliphatic heterocycles. The number of para-hydroxylation sites is 1. The van der Waals surface area contributed by atoms with Crippen molar-refractivity contribution in [3.05, 3.63) is 94.0 Å². The van der Waals surface area contributed by atoms with E-state index in [0.29, 0.717) is 30.5 Å². The molecule has 0 amide bonds. The van der Waals surface area contributed by atoms with Gasteiger partial charge in [-0.05, 0) is 59.7 Å². The molecule has 0 spiro atoms. The fourth-order valence-electron chi connectivity index (χ4n) is 3.88. The summed E-state index contributed by atoms with van der Waals surface area (Å²) in [4.78, 5) is 10.6. The second-order valence-electron chi connectivity index (χ2n) is 7.61. The van der Waals surface area contributed by atoms with Gasteiger partial charge in [0.1, 0.15) is 13.2 Å². The van der Waals surface area contributed by atoms with Crippen LogP contribution in [-0.2, 0) is 0 Å². The van der Waals surface area contributed by atoms with Crippen molar-refractivity contribution in [2.24, 2.45) is 5.10 Å². The molecule has 1 unspecified atom stereocenters. The van der Waals surface area contributed by atoms with Gasteiger partial charge in [0.05, 0.1) is 16.7 Å². The first-order chi connectivity index (χ1) is 16.1. The molecule has 0 saturated heterocycles. The van der Waals surface area contributed by atoms with Crippen molar-refractivity contribution in [3.63, 3.8) is 0 Å². The maximum atomic E-state index is 11.0. The van der Waals surface area contributed by atoms with Crippen molar-refractivity contribution >= 4 is 34.4 Å². The number of thiocarbonyl (C=S) groups is 1. The lowest BCUT2D eigenvalue weighted by atomic mass is 9.98. The van der Waals surface area contributed by atoms with Gasteiger partial charge in [0.15, 0.2) is 16.6 Å². The van der Waals surface area contributed by atoms with Crippen LogP contribution in [0.2, 0.25) is 0 Å². The van der Waals surface area contributed by atoms with Crippen molar-refractivity contribution in [2.45, 2.75) is 12.5 Å². The molecule has 5 rings (SSSR count). The Bertz CT molecular complexity index is 1230. The smallest absolute Gasteiger partial charge is 0.269 e. The average molecular weight is 461 g/mol. The predicted molar refractivity (Wildman–Crippen MR) is 129 cm³/mol. The van der Waals surface area contributed by atoms with Gasteiger partial charge in [-0.3, -0.25) is 10.1 Å². The van der Waals surface area contributed by atoms with Crippen LogP contribution in [0.15, 0.2) is 77.9 Å². The largest absolute Gasteiger partial charge is 0.486 e. The third-order valence-electron chi connectivity index (χ3n) is 5.51. The zero-order valence-electron chi connectivity index (χ0n) is 17.5. The highest BCUT2D eigenvalue weighted by Crippen LogP contribution is 2.38. The second kappa shape index (κ2) is 8.87. The first-order valence-corrected chi connectivity index (χ1v) is 10.9. The first-order valence-electron chi connectivity index (χ1n) is 10.5. The Morgan fingerprint density at radius 3 is 2.48 bits per heavy atom. The van der Waals surface area contributed by atoms with Gasteiger partial charge in [0.25, 0.3) is 5.69 Å². The lowest BCUT2D eigenvalue weighted by Crippen LogP contribution is -2.31. The number of fused-ring (bicyclic) bond motifs is 1. The minimum absolute atomic E-state index is 0.0406. The lowest BCUT2D eigenvalue weighted by molar-refractivity contribution is -0.384. The van der Waals surface area contributed by atoms with Gasteiger partial charge >= 0.3 is 0 Å². The van der Waals surface area contributed by atoms with E-state index in [9.17, 15) is 10.1 Å². The molecule has 0 fully saturated rings. The van der Waals surface area contributed by atoms with Crippen LogP contribution in [-0.4, -0.2) is 34.0 Å². The van der Waals surface area contributed by atoms with E-state index in [1.165, 1.54) is 12.1 Å². The third kappa shape index (κ3) is 4.35. The number of nitrogens with zero attached hydrogens (tertiary/aromatic N) is 3. The summed E-state index contributed by atoms with van der Waals surface area (Å²) >= 11 is 5.71. The highest BCUT2D eigenvalue weighted by atomic mass is 32.1. The van der Waals surface area contributed by atoms with Gasteiger partial charge in [-0.1, -0.05) is 24.3 Å². The highest BCUT2D eigenvalue weighted by molar-refractivity contribution is 7.80. The molecule has 2 heterocycles. The summed E-state index contributed by atoms with van der Waals surface area (Å²) in [5.41, 5.74) is 3.49. The SMILES string of the molecule is O=[N+]([O-])c1ccc(C2=NN(C(=S)Nc3ccccc3)C(c3ccc4c(c3)OCCO4)C2)cc1. The molecule has 0 bridgehead atoms. The first kappa shape index (κ1) is 20.9. The lowest BCUT2D eigenvalue weighted by Gasteiger charge is -2.26. The number of ether oxygens (including phenoxy) is 2. The average Bonchev–Trinajstić information content (AvgIpc) is 3.30. The fourth-order valence-corrected chi connectivity index (χ4v) is 4.16. The number of nitro groups is 1. The Morgan fingerprint density at radius 2 is 1.76 bits per heavy atom. The topological polar surface area (TPSA) is 89.2 Å². The van der Waals surface area contributed by atoms with Crippen molar-refractivity contribution in [1.82, 2.24) is 5.01 Å². The summed E-state index contributed by atoms with van der Waals surface area (Å²) in [6, 6.07) is 21.8. The van der Waals surface area contributed by atoms with Gasteiger partial charge in [0, 0.05) is 24.2 Å². The Morgan fingerprint density at radius 1 is 1.03 bits per heavy atom. The van der Waals surface area contributed by atoms with Crippen molar-refractivity contribution in [1.29, 1.82) is 0 Å². The van der Waals surface area contributed by atoms with Gasteiger partial charge in [-0.15, -0.1) is 0 Å². The Hall–Kier alpha value is -3.98. The van der Waals surface area contributed by atoms with Crippen LogP contribution in [0.5, 0.6) is 11.5 Å². The van der Waals surface area contributed by atoms with Crippen LogP contribution in [0.3, 0.4) is 0 Å². The zero-order chi connectivity index (χ0) is 22.8. The van der Waals surface area contributed by atoms with Crippen molar-refractivity contribution in [3.8, 4) is 11.5 Å². The molecule has 3 aromatic rings. The van der Waals surface area contributed by atoms with Gasteiger partial charge in [0.2, 0.25) is 0 Å². The van der Waals surface area contributed by atoms with E-state index >= 15 is 0 Å². The second-order valence-corrected chi connectivity index (χ2v) is 8.00. The summed E-state index contributed by atoms with van der Waals surface area (Å²) in [5, 5.41) is 21.3. The number of hydrogen-bond acceptors (Lipinski definition) is 6. The van der Waals surface area contributed by atoms with Crippen LogP contribution in [0.25, 0.3) is 0 Å². The standard InChI is InChI=1S/C24H20N4O4S/c29-28(30)19-9-6-16(7-10-19)20-15-21(17-8-11-22-23(14-17)32-13-12-31-22)27(26-20)24(33)25-18-4-2-1-3-5-18/h1-11,14,21H,12-13,15H2,(H,25,33). The molecule has 166 valence electrons. The molecule has 0 saturated carbocycles. The molecular formula is C24H20N4O4S. The van der Waals surface area contributed by atoms with Crippen molar-refractivity contribution in [2.75, 3.05) is 18.5 Å². The molecule has 1 N–H and O–H groups in total. The number of hydrazone groups is 1. The van der Waals surface area contributed by atoms with Crippen molar-refractivity contribution < 1.29 is 14.4 Å². The minimum Gasteiger partial charge on any atom is -0.486 e. The number of anilines is 1. The summed E-state index contributed by atoms with van der Waals surface area (Å²) in [7, 11) is 0. The molecule has 1 atom stereocenters. The van der Waals surface area contributed by atoms with Crippen LogP contribution < -0.4 is 14.8 Å². The zero-order valence-corrected chi connectivity index (χ0v) is 18.3. The summed E-state index contributed by atoms with van der Waals surface area (Å²) in [6.45, 7) is 1.03. The van der Waals surface area contributed by atoms with E-state index in [1.807, 2.05) is 48.5 Å². The van der Waals surface area contributed by atoms with E-state index in [2.05, 4.69) is 5.32 Å². The molecule has 33 heavy (non-hydrogen) atoms. The van der Waals surface area contributed by atoms with Gasteiger partial charge in [-0.25, -0.2) is 5.01 Å². The van der Waals surface area contributed by atoms with E-state index in [1.54, 1.807) is 17.1 Å². The molecule has 3 aromatic carbocycles. The number of non-ortho nitro benzene ring substituents is 1. The van der Waals surface area contributed by atoms with Crippen LogP contribution >= 0.6 is 12.2 Å². The van der Waals surface area contributed by atoms with E-state index in [4.69, 9.17) is 26.8 Å². The maximum absolute atomic E-state index is 11.0. The number of nitrogens with one attached hydrogen (secondary N) is 1. The number of nitro benzene ring substituents is 1. The molecule has 0 aromatic heterocycles. The normalized spacial score (nSPS) is 16.8.